The molecule has 0 saturated heterocycles. The van der Waals surface area contributed by atoms with Crippen molar-refractivity contribution in [3.8, 4) is 0 Å². The maximum atomic E-state index is 13.4. The Morgan fingerprint density at radius 2 is 2.00 bits per heavy atom. The van der Waals surface area contributed by atoms with Gasteiger partial charge in [-0.2, -0.15) is 0 Å². The fraction of sp³-hybridized carbons (Fsp3) is 0.556. The smallest absolute Gasteiger partial charge is 0.134 e. The van der Waals surface area contributed by atoms with E-state index < -0.39 is 0 Å². The van der Waals surface area contributed by atoms with Crippen LogP contribution in [0.1, 0.15) is 63.3 Å². The third-order valence-electron chi connectivity index (χ3n) is 4.05. The van der Waals surface area contributed by atoms with Crippen molar-refractivity contribution < 1.29 is 8.81 Å². The van der Waals surface area contributed by atoms with Crippen LogP contribution in [0.2, 0.25) is 0 Å². The Labute approximate surface area is 126 Å². The molecule has 0 aliphatic carbocycles. The second kappa shape index (κ2) is 7.60. The van der Waals surface area contributed by atoms with Gasteiger partial charge in [0.2, 0.25) is 0 Å². The molecule has 0 amide bonds. The summed E-state index contributed by atoms with van der Waals surface area (Å²) in [5.41, 5.74) is 1.84. The summed E-state index contributed by atoms with van der Waals surface area (Å²) in [7, 11) is 0. The largest absolute Gasteiger partial charge is 0.459 e. The molecule has 0 bridgehead atoms. The van der Waals surface area contributed by atoms with Gasteiger partial charge in [0.15, 0.2) is 0 Å². The van der Waals surface area contributed by atoms with Crippen LogP contribution in [0.4, 0.5) is 4.39 Å². The molecule has 0 spiro atoms. The first kappa shape index (κ1) is 16.0. The Morgan fingerprint density at radius 1 is 1.19 bits per heavy atom. The van der Waals surface area contributed by atoms with Gasteiger partial charge in [-0.15, -0.1) is 0 Å². The maximum absolute atomic E-state index is 13.4. The molecule has 1 N–H and O–H groups in total. The Balaban J connectivity index is 2.20. The summed E-state index contributed by atoms with van der Waals surface area (Å²) >= 11 is 0. The van der Waals surface area contributed by atoms with Crippen LogP contribution >= 0.6 is 0 Å². The molecule has 3 heteroatoms. The molecule has 1 aromatic heterocycles. The molecule has 1 atom stereocenters. The van der Waals surface area contributed by atoms with Gasteiger partial charge in [-0.1, -0.05) is 39.5 Å². The molecular formula is C18H26FNO. The number of nitrogens with one attached hydrogen (secondary N) is 1. The van der Waals surface area contributed by atoms with Crippen LogP contribution in [0, 0.1) is 12.7 Å². The second-order valence-corrected chi connectivity index (χ2v) is 5.69. The van der Waals surface area contributed by atoms with Crippen molar-refractivity contribution in [1.29, 1.82) is 0 Å². The highest BCUT2D eigenvalue weighted by atomic mass is 19.1. The zero-order chi connectivity index (χ0) is 15.2. The van der Waals surface area contributed by atoms with E-state index in [4.69, 9.17) is 4.42 Å². The highest BCUT2D eigenvalue weighted by molar-refractivity contribution is 5.82. The van der Waals surface area contributed by atoms with E-state index in [9.17, 15) is 4.39 Å². The van der Waals surface area contributed by atoms with Gasteiger partial charge in [0.25, 0.3) is 0 Å². The van der Waals surface area contributed by atoms with Crippen LogP contribution in [0.3, 0.4) is 0 Å². The lowest BCUT2D eigenvalue weighted by molar-refractivity contribution is 0.401. The van der Waals surface area contributed by atoms with Crippen molar-refractivity contribution in [2.75, 3.05) is 6.54 Å². The fourth-order valence-electron chi connectivity index (χ4n) is 2.89. The number of benzene rings is 1. The third kappa shape index (κ3) is 3.85. The molecule has 0 aliphatic rings. The summed E-state index contributed by atoms with van der Waals surface area (Å²) in [4.78, 5) is 0. The molecule has 2 nitrogen and oxygen atoms in total. The summed E-state index contributed by atoms with van der Waals surface area (Å²) in [5.74, 6) is 0.759. The average molecular weight is 291 g/mol. The normalized spacial score (nSPS) is 13.0. The van der Waals surface area contributed by atoms with Crippen LogP contribution in [-0.4, -0.2) is 6.54 Å². The molecule has 1 heterocycles. The van der Waals surface area contributed by atoms with Crippen molar-refractivity contribution in [2.45, 2.75) is 58.9 Å². The number of rotatable bonds is 8. The van der Waals surface area contributed by atoms with Gasteiger partial charge >= 0.3 is 0 Å². The molecule has 1 unspecified atom stereocenters. The second-order valence-electron chi connectivity index (χ2n) is 5.69. The van der Waals surface area contributed by atoms with Crippen molar-refractivity contribution in [1.82, 2.24) is 5.32 Å². The van der Waals surface area contributed by atoms with E-state index in [-0.39, 0.29) is 11.9 Å². The highest BCUT2D eigenvalue weighted by Gasteiger charge is 2.19. The topological polar surface area (TPSA) is 25.2 Å². The molecule has 2 rings (SSSR count). The summed E-state index contributed by atoms with van der Waals surface area (Å²) in [6, 6.07) is 4.97. The fourth-order valence-corrected chi connectivity index (χ4v) is 2.89. The molecule has 0 saturated carbocycles. The standard InChI is InChI=1S/C18H26FNO/c1-4-6-7-8-9-16(20-5-2)18-13(3)15-12-14(19)10-11-17(15)21-18/h10-12,16,20H,4-9H2,1-3H3. The molecule has 2 aromatic rings. The van der Waals surface area contributed by atoms with Gasteiger partial charge in [-0.3, -0.25) is 0 Å². The van der Waals surface area contributed by atoms with E-state index in [1.165, 1.54) is 31.7 Å². The number of unbranched alkanes of at least 4 members (excludes halogenated alkanes) is 3. The Kier molecular flexibility index (Phi) is 5.80. The van der Waals surface area contributed by atoms with E-state index in [1.54, 1.807) is 12.1 Å². The minimum absolute atomic E-state index is 0.208. The van der Waals surface area contributed by atoms with E-state index in [2.05, 4.69) is 19.2 Å². The van der Waals surface area contributed by atoms with E-state index in [0.717, 1.165) is 35.3 Å². The average Bonchev–Trinajstić information content (AvgIpc) is 2.79. The number of hydrogen-bond acceptors (Lipinski definition) is 2. The Bertz CT molecular complexity index is 576. The lowest BCUT2D eigenvalue weighted by Gasteiger charge is -2.16. The van der Waals surface area contributed by atoms with Crippen molar-refractivity contribution in [2.24, 2.45) is 0 Å². The van der Waals surface area contributed by atoms with Gasteiger partial charge in [-0.25, -0.2) is 4.39 Å². The predicted molar refractivity (Wildman–Crippen MR) is 86.1 cm³/mol. The Morgan fingerprint density at radius 3 is 2.71 bits per heavy atom. The molecular weight excluding hydrogens is 265 g/mol. The zero-order valence-corrected chi connectivity index (χ0v) is 13.3. The van der Waals surface area contributed by atoms with Crippen LogP contribution in [0.25, 0.3) is 11.0 Å². The minimum Gasteiger partial charge on any atom is -0.459 e. The lowest BCUT2D eigenvalue weighted by atomic mass is 10.0. The summed E-state index contributed by atoms with van der Waals surface area (Å²) in [6.45, 7) is 7.26. The number of furan rings is 1. The zero-order valence-electron chi connectivity index (χ0n) is 13.3. The first-order chi connectivity index (χ1) is 10.2. The predicted octanol–water partition coefficient (Wildman–Crippen LogP) is 5.50. The van der Waals surface area contributed by atoms with Gasteiger partial charge < -0.3 is 9.73 Å². The highest BCUT2D eigenvalue weighted by Crippen LogP contribution is 2.32. The van der Waals surface area contributed by atoms with Gasteiger partial charge in [0.05, 0.1) is 6.04 Å². The van der Waals surface area contributed by atoms with Gasteiger partial charge in [0, 0.05) is 10.9 Å². The summed E-state index contributed by atoms with van der Waals surface area (Å²) in [5, 5.41) is 4.39. The molecule has 21 heavy (non-hydrogen) atoms. The number of hydrogen-bond donors (Lipinski definition) is 1. The number of halogens is 1. The number of fused-ring (bicyclic) bond motifs is 1. The first-order valence-electron chi connectivity index (χ1n) is 8.09. The lowest BCUT2D eigenvalue weighted by Crippen LogP contribution is -2.21. The molecule has 0 fully saturated rings. The quantitative estimate of drug-likeness (QED) is 0.649. The van der Waals surface area contributed by atoms with Gasteiger partial charge in [-0.05, 0) is 38.1 Å². The summed E-state index contributed by atoms with van der Waals surface area (Å²) in [6.07, 6.45) is 6.04. The number of aryl methyl sites for hydroxylation is 1. The minimum atomic E-state index is -0.208. The van der Waals surface area contributed by atoms with Crippen LogP contribution < -0.4 is 5.32 Å². The van der Waals surface area contributed by atoms with Crippen molar-refractivity contribution in [3.63, 3.8) is 0 Å². The molecule has 0 aliphatic heterocycles. The van der Waals surface area contributed by atoms with Crippen LogP contribution in [0.15, 0.2) is 22.6 Å². The van der Waals surface area contributed by atoms with Gasteiger partial charge in [0.1, 0.15) is 17.2 Å². The monoisotopic (exact) mass is 291 g/mol. The summed E-state index contributed by atoms with van der Waals surface area (Å²) < 4.78 is 19.4. The van der Waals surface area contributed by atoms with E-state index in [0.29, 0.717) is 0 Å². The van der Waals surface area contributed by atoms with Crippen LogP contribution in [-0.2, 0) is 0 Å². The Hall–Kier alpha value is -1.35. The SMILES string of the molecule is CCCCCCC(NCC)c1oc2ccc(F)cc2c1C. The molecule has 0 radical (unpaired) electrons. The van der Waals surface area contributed by atoms with E-state index in [1.807, 2.05) is 6.92 Å². The molecule has 116 valence electrons. The maximum Gasteiger partial charge on any atom is 0.134 e. The van der Waals surface area contributed by atoms with Crippen LogP contribution in [0.5, 0.6) is 0 Å². The van der Waals surface area contributed by atoms with Crippen molar-refractivity contribution in [3.05, 3.63) is 35.3 Å². The van der Waals surface area contributed by atoms with Crippen molar-refractivity contribution >= 4 is 11.0 Å². The third-order valence-corrected chi connectivity index (χ3v) is 4.05. The first-order valence-corrected chi connectivity index (χ1v) is 8.09. The molecule has 1 aromatic carbocycles. The van der Waals surface area contributed by atoms with E-state index >= 15 is 0 Å².